The van der Waals surface area contributed by atoms with E-state index in [-0.39, 0.29) is 19.1 Å². The van der Waals surface area contributed by atoms with Crippen molar-refractivity contribution in [2.24, 2.45) is 0 Å². The van der Waals surface area contributed by atoms with Crippen LogP contribution in [0.25, 0.3) is 10.9 Å². The van der Waals surface area contributed by atoms with Gasteiger partial charge in [-0.25, -0.2) is 9.18 Å². The fourth-order valence-corrected chi connectivity index (χ4v) is 7.01. The number of halogens is 1. The van der Waals surface area contributed by atoms with Crippen molar-refractivity contribution in [3.63, 3.8) is 0 Å². The number of amides is 1. The Hall–Kier alpha value is -3.32. The highest BCUT2D eigenvalue weighted by molar-refractivity contribution is 5.85. The topological polar surface area (TPSA) is 60.6 Å². The van der Waals surface area contributed by atoms with E-state index in [1.165, 1.54) is 57.5 Å². The average Bonchev–Trinajstić information content (AvgIpc) is 3.47. The number of aromatic amines is 1. The van der Waals surface area contributed by atoms with Gasteiger partial charge in [0.2, 0.25) is 0 Å². The Morgan fingerprint density at radius 1 is 1.10 bits per heavy atom. The molecule has 0 spiro atoms. The third kappa shape index (κ3) is 5.61. The second-order valence-corrected chi connectivity index (χ2v) is 13.2. The highest BCUT2D eigenvalue weighted by Gasteiger charge is 2.40. The molecule has 41 heavy (non-hydrogen) atoms. The van der Waals surface area contributed by atoms with Gasteiger partial charge in [0.05, 0.1) is 18.6 Å². The van der Waals surface area contributed by atoms with Crippen molar-refractivity contribution in [3.05, 3.63) is 77.0 Å². The van der Waals surface area contributed by atoms with Crippen molar-refractivity contribution in [3.8, 4) is 0 Å². The fraction of sp³-hybridized carbons (Fsp3) is 0.500. The summed E-state index contributed by atoms with van der Waals surface area (Å²) in [6.45, 7) is 10.4. The van der Waals surface area contributed by atoms with Gasteiger partial charge in [0.25, 0.3) is 0 Å². The molecule has 2 N–H and O–H groups in total. The Bertz CT molecular complexity index is 1440. The Labute approximate surface area is 242 Å². The number of hydrogen-bond donors (Lipinski definition) is 2. The first kappa shape index (κ1) is 27.8. The van der Waals surface area contributed by atoms with Crippen molar-refractivity contribution in [2.75, 3.05) is 18.4 Å². The lowest BCUT2D eigenvalue weighted by Crippen LogP contribution is -2.48. The number of allylic oxidation sites excluding steroid dienone is 1. The summed E-state index contributed by atoms with van der Waals surface area (Å²) in [6.07, 6.45) is 5.45. The molecule has 1 saturated heterocycles. The molecule has 1 fully saturated rings. The predicted molar refractivity (Wildman–Crippen MR) is 163 cm³/mol. The summed E-state index contributed by atoms with van der Waals surface area (Å²) in [4.78, 5) is 20.5. The van der Waals surface area contributed by atoms with Crippen LogP contribution in [0.4, 0.5) is 14.9 Å². The van der Waals surface area contributed by atoms with Gasteiger partial charge >= 0.3 is 6.09 Å². The van der Waals surface area contributed by atoms with Crippen molar-refractivity contribution in [1.82, 2.24) is 14.8 Å². The van der Waals surface area contributed by atoms with Crippen LogP contribution in [0.3, 0.4) is 0 Å². The minimum absolute atomic E-state index is 0.0388. The van der Waals surface area contributed by atoms with E-state index in [2.05, 4.69) is 83.7 Å². The molecule has 0 bridgehead atoms. The zero-order valence-corrected chi connectivity index (χ0v) is 24.9. The summed E-state index contributed by atoms with van der Waals surface area (Å²) in [5.41, 5.74) is 6.85. The smallest absolute Gasteiger partial charge is 0.410 e. The summed E-state index contributed by atoms with van der Waals surface area (Å²) >= 11 is 0. The summed E-state index contributed by atoms with van der Waals surface area (Å²) in [7, 11) is 0. The van der Waals surface area contributed by atoms with Crippen molar-refractivity contribution < 1.29 is 13.9 Å². The SMILES string of the molecule is CC1=CC(N2C(c3ccc(NC4CN(C(=O)OC(C)(C)C)CC4F)cc3)c3[nH]c4ccccc4c3C[C@H]2C)CCC1. The Morgan fingerprint density at radius 3 is 2.59 bits per heavy atom. The summed E-state index contributed by atoms with van der Waals surface area (Å²) in [5, 5.41) is 4.66. The monoisotopic (exact) mass is 558 g/mol. The van der Waals surface area contributed by atoms with E-state index in [9.17, 15) is 9.18 Å². The Morgan fingerprint density at radius 2 is 1.85 bits per heavy atom. The van der Waals surface area contributed by atoms with Crippen LogP contribution in [0.2, 0.25) is 0 Å². The van der Waals surface area contributed by atoms with Crippen LogP contribution >= 0.6 is 0 Å². The van der Waals surface area contributed by atoms with Gasteiger partial charge < -0.3 is 19.9 Å². The molecule has 3 heterocycles. The molecule has 0 radical (unpaired) electrons. The largest absolute Gasteiger partial charge is 0.444 e. The van der Waals surface area contributed by atoms with Gasteiger partial charge in [-0.2, -0.15) is 0 Å². The number of carbonyl (C=O) groups excluding carboxylic acids is 1. The number of nitrogens with one attached hydrogen (secondary N) is 2. The molecule has 0 saturated carbocycles. The van der Waals surface area contributed by atoms with E-state index in [1.54, 1.807) is 0 Å². The maximum absolute atomic E-state index is 15.0. The zero-order valence-electron chi connectivity index (χ0n) is 24.9. The van der Waals surface area contributed by atoms with Gasteiger partial charge in [-0.1, -0.05) is 42.0 Å². The lowest BCUT2D eigenvalue weighted by Gasteiger charge is -2.46. The Balaban J connectivity index is 1.27. The molecule has 1 amide bonds. The van der Waals surface area contributed by atoms with Crippen molar-refractivity contribution in [2.45, 2.75) is 96.2 Å². The number of likely N-dealkylation sites (tertiary alicyclic amines) is 1. The average molecular weight is 559 g/mol. The normalized spacial score (nSPS) is 27.0. The van der Waals surface area contributed by atoms with Crippen LogP contribution in [0.15, 0.2) is 60.2 Å². The quantitative estimate of drug-likeness (QED) is 0.328. The molecular weight excluding hydrogens is 515 g/mol. The molecule has 3 aromatic rings. The highest BCUT2D eigenvalue weighted by atomic mass is 19.1. The first-order chi connectivity index (χ1) is 19.6. The Kier molecular flexibility index (Phi) is 7.35. The van der Waals surface area contributed by atoms with E-state index in [0.29, 0.717) is 12.1 Å². The number of hydrogen-bond acceptors (Lipinski definition) is 4. The minimum Gasteiger partial charge on any atom is -0.444 e. The highest BCUT2D eigenvalue weighted by Crippen LogP contribution is 2.43. The summed E-state index contributed by atoms with van der Waals surface area (Å²) < 4.78 is 20.4. The molecule has 4 unspecified atom stereocenters. The number of fused-ring (bicyclic) bond motifs is 3. The van der Waals surface area contributed by atoms with Crippen LogP contribution in [0.1, 0.15) is 76.7 Å². The third-order valence-corrected chi connectivity index (χ3v) is 8.84. The standard InChI is InChI=1S/C34H43FN4O2/c1-21-9-8-10-25(17-21)39-22(2)18-27-26-11-6-7-12-29(26)37-31(27)32(39)23-13-15-24(16-14-23)36-30-20-38(19-28(30)35)33(40)41-34(3,4)5/h6-7,11-17,22,25,28,30,32,36-37H,8-10,18-20H2,1-5H3/t22-,25?,28?,30?,32?/m1/s1. The van der Waals surface area contributed by atoms with Crippen LogP contribution in [0, 0.1) is 0 Å². The molecule has 5 atom stereocenters. The number of anilines is 1. The number of nitrogens with zero attached hydrogens (tertiary/aromatic N) is 2. The van der Waals surface area contributed by atoms with Gasteiger partial charge in [0.15, 0.2) is 0 Å². The third-order valence-electron chi connectivity index (χ3n) is 8.84. The van der Waals surface area contributed by atoms with Gasteiger partial charge in [-0.05, 0) is 89.6 Å². The number of alkyl halides is 1. The van der Waals surface area contributed by atoms with Crippen molar-refractivity contribution >= 4 is 22.7 Å². The molecule has 3 aliphatic rings. The number of rotatable bonds is 4. The van der Waals surface area contributed by atoms with Crippen LogP contribution in [0.5, 0.6) is 0 Å². The number of carbonyl (C=O) groups is 1. The minimum atomic E-state index is -1.16. The van der Waals surface area contributed by atoms with Gasteiger partial charge in [-0.15, -0.1) is 0 Å². The molecular formula is C34H43FN4O2. The molecule has 1 aliphatic carbocycles. The number of ether oxygens (including phenoxy) is 1. The molecule has 2 aliphatic heterocycles. The maximum atomic E-state index is 15.0. The van der Waals surface area contributed by atoms with Gasteiger partial charge in [-0.3, -0.25) is 4.90 Å². The number of aromatic nitrogens is 1. The molecule has 7 heteroatoms. The predicted octanol–water partition coefficient (Wildman–Crippen LogP) is 7.37. The zero-order chi connectivity index (χ0) is 28.9. The first-order valence-electron chi connectivity index (χ1n) is 15.1. The van der Waals surface area contributed by atoms with Crippen LogP contribution in [-0.4, -0.2) is 63.9 Å². The van der Waals surface area contributed by atoms with Crippen LogP contribution < -0.4 is 5.32 Å². The lowest BCUT2D eigenvalue weighted by molar-refractivity contribution is 0.0283. The molecule has 2 aromatic carbocycles. The number of H-pyrrole nitrogens is 1. The molecule has 6 rings (SSSR count). The molecule has 218 valence electrons. The van der Waals surface area contributed by atoms with Crippen LogP contribution in [-0.2, 0) is 11.2 Å². The van der Waals surface area contributed by atoms with E-state index >= 15 is 0 Å². The fourth-order valence-electron chi connectivity index (χ4n) is 7.01. The first-order valence-corrected chi connectivity index (χ1v) is 15.1. The lowest BCUT2D eigenvalue weighted by atomic mass is 9.84. The second kappa shape index (κ2) is 10.8. The maximum Gasteiger partial charge on any atom is 0.410 e. The van der Waals surface area contributed by atoms with Crippen molar-refractivity contribution in [1.29, 1.82) is 0 Å². The number of benzene rings is 2. The number of para-hydroxylation sites is 1. The van der Waals surface area contributed by atoms with Gasteiger partial charge in [0.1, 0.15) is 11.8 Å². The molecule has 1 aromatic heterocycles. The van der Waals surface area contributed by atoms with E-state index in [0.717, 1.165) is 12.1 Å². The van der Waals surface area contributed by atoms with E-state index in [4.69, 9.17) is 4.74 Å². The van der Waals surface area contributed by atoms with E-state index < -0.39 is 23.9 Å². The second-order valence-electron chi connectivity index (χ2n) is 13.2. The summed E-state index contributed by atoms with van der Waals surface area (Å²) in [5.74, 6) is 0. The molecule has 6 nitrogen and oxygen atoms in total. The summed E-state index contributed by atoms with van der Waals surface area (Å²) in [6, 6.07) is 17.5. The van der Waals surface area contributed by atoms with E-state index in [1.807, 2.05) is 20.8 Å². The van der Waals surface area contributed by atoms with Gasteiger partial charge in [0, 0.05) is 40.9 Å².